The Kier molecular flexibility index (Phi) is 5.96. The van der Waals surface area contributed by atoms with Gasteiger partial charge < -0.3 is 10.1 Å². The van der Waals surface area contributed by atoms with Crippen LogP contribution in [-0.4, -0.2) is 11.5 Å². The summed E-state index contributed by atoms with van der Waals surface area (Å²) in [4.78, 5) is 4.50. The van der Waals surface area contributed by atoms with Crippen LogP contribution in [0.15, 0.2) is 36.4 Å². The summed E-state index contributed by atoms with van der Waals surface area (Å²) in [6.07, 6.45) is 1.09. The van der Waals surface area contributed by atoms with Crippen LogP contribution in [0.5, 0.6) is 5.75 Å². The van der Waals surface area contributed by atoms with E-state index >= 15 is 0 Å². The molecule has 21 heavy (non-hydrogen) atoms. The zero-order chi connectivity index (χ0) is 15.1. The number of benzene rings is 1. The molecule has 2 rings (SSSR count). The quantitative estimate of drug-likeness (QED) is 0.786. The minimum Gasteiger partial charge on any atom is -0.486 e. The maximum absolute atomic E-state index is 13.0. The van der Waals surface area contributed by atoms with E-state index in [0.717, 1.165) is 30.9 Å². The molecule has 1 N–H and O–H groups in total. The number of hydrogen-bond donors (Lipinski definition) is 1. The second-order valence-corrected chi connectivity index (χ2v) is 5.07. The molecule has 112 valence electrons. The molecule has 0 saturated carbocycles. The highest BCUT2D eigenvalue weighted by atomic mass is 35.5. The summed E-state index contributed by atoms with van der Waals surface area (Å²) in [7, 11) is 0. The summed E-state index contributed by atoms with van der Waals surface area (Å²) in [5, 5.41) is 3.56. The van der Waals surface area contributed by atoms with E-state index in [1.807, 2.05) is 18.2 Å². The van der Waals surface area contributed by atoms with Gasteiger partial charge in [-0.25, -0.2) is 4.39 Å². The molecule has 0 fully saturated rings. The molecule has 1 aromatic heterocycles. The Morgan fingerprint density at radius 1 is 1.24 bits per heavy atom. The number of halogens is 2. The van der Waals surface area contributed by atoms with Crippen molar-refractivity contribution in [1.82, 2.24) is 10.3 Å². The van der Waals surface area contributed by atoms with E-state index in [9.17, 15) is 4.39 Å². The van der Waals surface area contributed by atoms with Crippen LogP contribution in [0.3, 0.4) is 0 Å². The molecule has 0 aliphatic carbocycles. The van der Waals surface area contributed by atoms with Gasteiger partial charge in [0, 0.05) is 6.54 Å². The van der Waals surface area contributed by atoms with E-state index in [1.165, 1.54) is 18.2 Å². The van der Waals surface area contributed by atoms with Gasteiger partial charge in [0.1, 0.15) is 18.2 Å². The van der Waals surface area contributed by atoms with Crippen LogP contribution in [-0.2, 0) is 13.2 Å². The normalized spacial score (nSPS) is 10.6. The van der Waals surface area contributed by atoms with Gasteiger partial charge in [-0.15, -0.1) is 0 Å². The summed E-state index contributed by atoms with van der Waals surface area (Å²) in [6.45, 7) is 4.12. The van der Waals surface area contributed by atoms with Gasteiger partial charge in [0.15, 0.2) is 0 Å². The lowest BCUT2D eigenvalue weighted by Gasteiger charge is -2.09. The molecule has 0 atom stereocenters. The highest BCUT2D eigenvalue weighted by Gasteiger charge is 2.04. The summed E-state index contributed by atoms with van der Waals surface area (Å²) < 4.78 is 18.5. The number of nitrogens with zero attached hydrogens (tertiary/aromatic N) is 1. The zero-order valence-electron chi connectivity index (χ0n) is 11.9. The van der Waals surface area contributed by atoms with E-state index in [4.69, 9.17) is 16.3 Å². The van der Waals surface area contributed by atoms with Crippen molar-refractivity contribution >= 4 is 11.6 Å². The first-order valence-electron chi connectivity index (χ1n) is 6.92. The van der Waals surface area contributed by atoms with Crippen LogP contribution in [0.2, 0.25) is 5.02 Å². The van der Waals surface area contributed by atoms with Crippen LogP contribution in [0, 0.1) is 5.82 Å². The molecule has 1 aromatic carbocycles. The van der Waals surface area contributed by atoms with Crippen LogP contribution in [0.1, 0.15) is 24.7 Å². The number of hydrogen-bond acceptors (Lipinski definition) is 3. The molecule has 1 heterocycles. The average Bonchev–Trinajstić information content (AvgIpc) is 2.47. The lowest BCUT2D eigenvalue weighted by Crippen LogP contribution is -2.15. The summed E-state index contributed by atoms with van der Waals surface area (Å²) in [6, 6.07) is 9.87. The van der Waals surface area contributed by atoms with E-state index in [-0.39, 0.29) is 10.8 Å². The Balaban J connectivity index is 1.95. The Morgan fingerprint density at radius 2 is 2.05 bits per heavy atom. The molecule has 0 spiro atoms. The summed E-state index contributed by atoms with van der Waals surface area (Å²) in [5.41, 5.74) is 1.78. The monoisotopic (exact) mass is 308 g/mol. The van der Waals surface area contributed by atoms with Crippen LogP contribution >= 0.6 is 11.6 Å². The Labute approximate surface area is 129 Å². The predicted octanol–water partition coefficient (Wildman–Crippen LogP) is 3.95. The van der Waals surface area contributed by atoms with Gasteiger partial charge in [0.2, 0.25) is 0 Å². The highest BCUT2D eigenvalue weighted by Crippen LogP contribution is 2.25. The summed E-state index contributed by atoms with van der Waals surface area (Å²) in [5.74, 6) is 0.0730. The Morgan fingerprint density at radius 3 is 2.81 bits per heavy atom. The van der Waals surface area contributed by atoms with E-state index < -0.39 is 0 Å². The third-order valence-electron chi connectivity index (χ3n) is 2.87. The maximum Gasteiger partial charge on any atom is 0.138 e. The minimum atomic E-state index is -0.380. The molecule has 2 aromatic rings. The smallest absolute Gasteiger partial charge is 0.138 e. The fourth-order valence-corrected chi connectivity index (χ4v) is 2.07. The standard InChI is InChI=1S/C16H18ClFN2O/c1-2-8-19-10-13-4-3-5-14(20-13)11-21-16-7-6-12(18)9-15(16)17/h3-7,9,19H,2,8,10-11H2,1H3. The number of aromatic nitrogens is 1. The topological polar surface area (TPSA) is 34.1 Å². The lowest BCUT2D eigenvalue weighted by atomic mass is 10.3. The molecular weight excluding hydrogens is 291 g/mol. The van der Waals surface area contributed by atoms with Gasteiger partial charge in [0.05, 0.1) is 16.4 Å². The van der Waals surface area contributed by atoms with Crippen LogP contribution < -0.4 is 10.1 Å². The molecule has 0 bridgehead atoms. The summed E-state index contributed by atoms with van der Waals surface area (Å²) >= 11 is 5.92. The molecule has 0 amide bonds. The molecule has 0 unspecified atom stereocenters. The molecular formula is C16H18ClFN2O. The van der Waals surface area contributed by atoms with Crippen molar-refractivity contribution in [3.63, 3.8) is 0 Å². The van der Waals surface area contributed by atoms with Crippen LogP contribution in [0.4, 0.5) is 4.39 Å². The van der Waals surface area contributed by atoms with Crippen molar-refractivity contribution in [2.75, 3.05) is 6.54 Å². The maximum atomic E-state index is 13.0. The Hall–Kier alpha value is -1.65. The van der Waals surface area contributed by atoms with Gasteiger partial charge in [-0.2, -0.15) is 0 Å². The molecule has 0 saturated heterocycles. The zero-order valence-corrected chi connectivity index (χ0v) is 12.7. The fourth-order valence-electron chi connectivity index (χ4n) is 1.85. The second-order valence-electron chi connectivity index (χ2n) is 4.66. The molecule has 0 aliphatic rings. The first-order valence-corrected chi connectivity index (χ1v) is 7.30. The van der Waals surface area contributed by atoms with Gasteiger partial charge in [0.25, 0.3) is 0 Å². The lowest BCUT2D eigenvalue weighted by molar-refractivity contribution is 0.300. The first kappa shape index (κ1) is 15.7. The molecule has 5 heteroatoms. The number of ether oxygens (including phenoxy) is 1. The number of nitrogens with one attached hydrogen (secondary N) is 1. The van der Waals surface area contributed by atoms with Crippen molar-refractivity contribution in [2.24, 2.45) is 0 Å². The highest BCUT2D eigenvalue weighted by molar-refractivity contribution is 6.32. The van der Waals surface area contributed by atoms with Gasteiger partial charge >= 0.3 is 0 Å². The van der Waals surface area contributed by atoms with E-state index in [2.05, 4.69) is 17.2 Å². The fraction of sp³-hybridized carbons (Fsp3) is 0.312. The average molecular weight is 309 g/mol. The molecule has 0 radical (unpaired) electrons. The number of rotatable bonds is 7. The van der Waals surface area contributed by atoms with Crippen molar-refractivity contribution in [2.45, 2.75) is 26.5 Å². The molecule has 3 nitrogen and oxygen atoms in total. The van der Waals surface area contributed by atoms with Gasteiger partial charge in [-0.05, 0) is 43.3 Å². The van der Waals surface area contributed by atoms with Crippen molar-refractivity contribution < 1.29 is 9.13 Å². The van der Waals surface area contributed by atoms with Crippen molar-refractivity contribution in [3.8, 4) is 5.75 Å². The minimum absolute atomic E-state index is 0.260. The third-order valence-corrected chi connectivity index (χ3v) is 3.16. The number of pyridine rings is 1. The van der Waals surface area contributed by atoms with Gasteiger partial charge in [-0.1, -0.05) is 24.6 Å². The Bertz CT molecular complexity index is 592. The predicted molar refractivity (Wildman–Crippen MR) is 82.0 cm³/mol. The first-order chi connectivity index (χ1) is 10.2. The second kappa shape index (κ2) is 7.96. The SMILES string of the molecule is CCCNCc1cccc(COc2ccc(F)cc2Cl)n1. The van der Waals surface area contributed by atoms with Crippen molar-refractivity contribution in [1.29, 1.82) is 0 Å². The third kappa shape index (κ3) is 4.99. The van der Waals surface area contributed by atoms with Crippen molar-refractivity contribution in [3.05, 3.63) is 58.6 Å². The van der Waals surface area contributed by atoms with E-state index in [0.29, 0.717) is 12.4 Å². The van der Waals surface area contributed by atoms with E-state index in [1.54, 1.807) is 0 Å². The largest absolute Gasteiger partial charge is 0.486 e. The molecule has 0 aliphatic heterocycles. The van der Waals surface area contributed by atoms with Gasteiger partial charge in [-0.3, -0.25) is 4.98 Å². The van der Waals surface area contributed by atoms with Crippen LogP contribution in [0.25, 0.3) is 0 Å².